The molecule has 0 amide bonds. The van der Waals surface area contributed by atoms with Crippen LogP contribution in [0.1, 0.15) is 42.2 Å². The minimum atomic E-state index is 0.136. The molecular weight excluding hydrogens is 354 g/mol. The number of aryl methyl sites for hydroxylation is 1. The van der Waals surface area contributed by atoms with Gasteiger partial charge >= 0.3 is 0 Å². The summed E-state index contributed by atoms with van der Waals surface area (Å²) in [5, 5.41) is 13.6. The van der Waals surface area contributed by atoms with Gasteiger partial charge < -0.3 is 15.2 Å². The van der Waals surface area contributed by atoms with Gasteiger partial charge in [0, 0.05) is 28.2 Å². The van der Waals surface area contributed by atoms with Gasteiger partial charge in [-0.25, -0.2) is 0 Å². The highest BCUT2D eigenvalue weighted by atomic mass is 79.9. The number of phenolic OH excluding ortho intramolecular Hbond substituents is 1. The van der Waals surface area contributed by atoms with Gasteiger partial charge in [0.15, 0.2) is 0 Å². The van der Waals surface area contributed by atoms with Crippen LogP contribution in [-0.4, -0.2) is 11.7 Å². The topological polar surface area (TPSA) is 41.5 Å². The van der Waals surface area contributed by atoms with E-state index in [0.717, 1.165) is 35.2 Å². The van der Waals surface area contributed by atoms with Gasteiger partial charge in [0.2, 0.25) is 0 Å². The van der Waals surface area contributed by atoms with E-state index in [2.05, 4.69) is 46.4 Å². The van der Waals surface area contributed by atoms with Crippen molar-refractivity contribution in [3.05, 3.63) is 57.6 Å². The molecule has 2 aromatic rings. The van der Waals surface area contributed by atoms with Gasteiger partial charge in [0.1, 0.15) is 5.75 Å². The van der Waals surface area contributed by atoms with Crippen LogP contribution in [0, 0.1) is 5.92 Å². The van der Waals surface area contributed by atoms with Crippen LogP contribution >= 0.6 is 15.9 Å². The molecule has 0 saturated carbocycles. The molecule has 2 aliphatic rings. The number of nitrogens with one attached hydrogen (secondary N) is 1. The molecule has 1 saturated heterocycles. The van der Waals surface area contributed by atoms with E-state index in [1.54, 1.807) is 6.07 Å². The summed E-state index contributed by atoms with van der Waals surface area (Å²) < 4.78 is 7.11. The Kier molecular flexibility index (Phi) is 3.82. The van der Waals surface area contributed by atoms with Crippen LogP contribution in [0.5, 0.6) is 5.75 Å². The van der Waals surface area contributed by atoms with E-state index >= 15 is 0 Å². The zero-order valence-corrected chi connectivity index (χ0v) is 14.6. The van der Waals surface area contributed by atoms with E-state index in [1.807, 2.05) is 12.1 Å². The van der Waals surface area contributed by atoms with Crippen LogP contribution in [-0.2, 0) is 11.2 Å². The third-order valence-electron chi connectivity index (χ3n) is 5.02. The first kappa shape index (κ1) is 15.0. The summed E-state index contributed by atoms with van der Waals surface area (Å²) in [7, 11) is 0. The number of benzene rings is 2. The average Bonchev–Trinajstić information content (AvgIpc) is 3.06. The summed E-state index contributed by atoms with van der Waals surface area (Å²) >= 11 is 3.63. The molecule has 4 heteroatoms. The molecule has 2 aliphatic heterocycles. The lowest BCUT2D eigenvalue weighted by Gasteiger charge is -2.37. The molecule has 120 valence electrons. The highest BCUT2D eigenvalue weighted by molar-refractivity contribution is 9.10. The van der Waals surface area contributed by atoms with Crippen LogP contribution < -0.4 is 5.32 Å². The predicted molar refractivity (Wildman–Crippen MR) is 94.8 cm³/mol. The molecule has 4 rings (SSSR count). The second-order valence-corrected chi connectivity index (χ2v) is 7.20. The summed E-state index contributed by atoms with van der Waals surface area (Å²) in [5.41, 5.74) is 4.86. The van der Waals surface area contributed by atoms with Crippen LogP contribution in [0.2, 0.25) is 0 Å². The fourth-order valence-corrected chi connectivity index (χ4v) is 4.31. The maximum atomic E-state index is 9.89. The Morgan fingerprint density at radius 2 is 2.09 bits per heavy atom. The molecule has 0 aromatic heterocycles. The number of anilines is 1. The zero-order valence-electron chi connectivity index (χ0n) is 13.1. The Labute approximate surface area is 144 Å². The van der Waals surface area contributed by atoms with Crippen molar-refractivity contribution < 1.29 is 9.84 Å². The summed E-state index contributed by atoms with van der Waals surface area (Å²) in [5.74, 6) is 0.681. The molecule has 0 radical (unpaired) electrons. The molecule has 23 heavy (non-hydrogen) atoms. The molecule has 3 nitrogen and oxygen atoms in total. The Bertz CT molecular complexity index is 746. The molecule has 0 spiro atoms. The SMILES string of the molecule is CCc1ccc2c(c1)[C@H]1OCC[C@H]1C(c1cc(O)ccc1Br)N2. The van der Waals surface area contributed by atoms with Gasteiger partial charge in [0.05, 0.1) is 12.1 Å². The number of ether oxygens (including phenoxy) is 1. The lowest BCUT2D eigenvalue weighted by Crippen LogP contribution is -2.29. The molecule has 3 atom stereocenters. The Morgan fingerprint density at radius 1 is 1.22 bits per heavy atom. The first-order valence-corrected chi connectivity index (χ1v) is 8.96. The predicted octanol–water partition coefficient (Wildman–Crippen LogP) is 4.96. The van der Waals surface area contributed by atoms with Crippen molar-refractivity contribution in [3.63, 3.8) is 0 Å². The minimum absolute atomic E-state index is 0.136. The number of aromatic hydroxyl groups is 1. The van der Waals surface area contributed by atoms with E-state index in [-0.39, 0.29) is 12.1 Å². The van der Waals surface area contributed by atoms with Crippen LogP contribution in [0.3, 0.4) is 0 Å². The van der Waals surface area contributed by atoms with Crippen molar-refractivity contribution in [1.82, 2.24) is 0 Å². The smallest absolute Gasteiger partial charge is 0.116 e. The van der Waals surface area contributed by atoms with Crippen LogP contribution in [0.4, 0.5) is 5.69 Å². The van der Waals surface area contributed by atoms with Gasteiger partial charge in [-0.3, -0.25) is 0 Å². The van der Waals surface area contributed by atoms with Gasteiger partial charge in [-0.15, -0.1) is 0 Å². The molecule has 0 bridgehead atoms. The Hall–Kier alpha value is -1.52. The number of hydrogen-bond acceptors (Lipinski definition) is 3. The van der Waals surface area contributed by atoms with Gasteiger partial charge in [-0.2, -0.15) is 0 Å². The maximum Gasteiger partial charge on any atom is 0.116 e. The molecule has 1 fully saturated rings. The van der Waals surface area contributed by atoms with Crippen molar-refractivity contribution >= 4 is 21.6 Å². The molecule has 0 aliphatic carbocycles. The second-order valence-electron chi connectivity index (χ2n) is 6.35. The lowest BCUT2D eigenvalue weighted by atomic mass is 9.80. The van der Waals surface area contributed by atoms with Crippen molar-refractivity contribution in [2.24, 2.45) is 5.92 Å². The van der Waals surface area contributed by atoms with Crippen molar-refractivity contribution in [2.75, 3.05) is 11.9 Å². The Morgan fingerprint density at radius 3 is 2.91 bits per heavy atom. The average molecular weight is 374 g/mol. The van der Waals surface area contributed by atoms with Gasteiger partial charge in [-0.05, 0) is 48.2 Å². The third-order valence-corrected chi connectivity index (χ3v) is 5.74. The van der Waals surface area contributed by atoms with Crippen molar-refractivity contribution in [3.8, 4) is 5.75 Å². The zero-order chi connectivity index (χ0) is 16.0. The normalized spacial score (nSPS) is 25.6. The number of rotatable bonds is 2. The first-order chi connectivity index (χ1) is 11.2. The highest BCUT2D eigenvalue weighted by Crippen LogP contribution is 2.51. The van der Waals surface area contributed by atoms with E-state index in [4.69, 9.17) is 4.74 Å². The van der Waals surface area contributed by atoms with Crippen LogP contribution in [0.15, 0.2) is 40.9 Å². The standard InChI is InChI=1S/C19H20BrNO2/c1-2-11-3-6-17-15(9-11)19-13(7-8-23-19)18(21-17)14-10-12(22)4-5-16(14)20/h3-6,9-10,13,18-19,21-22H,2,7-8H2,1H3/t13-,18?,19-/m0/s1. The highest BCUT2D eigenvalue weighted by Gasteiger charge is 2.42. The monoisotopic (exact) mass is 373 g/mol. The van der Waals surface area contributed by atoms with Gasteiger partial charge in [-0.1, -0.05) is 35.0 Å². The van der Waals surface area contributed by atoms with Crippen molar-refractivity contribution in [1.29, 1.82) is 0 Å². The van der Waals surface area contributed by atoms with E-state index in [1.165, 1.54) is 11.1 Å². The first-order valence-electron chi connectivity index (χ1n) is 8.16. The summed E-state index contributed by atoms with van der Waals surface area (Å²) in [4.78, 5) is 0. The largest absolute Gasteiger partial charge is 0.508 e. The fourth-order valence-electron chi connectivity index (χ4n) is 3.82. The molecule has 1 unspecified atom stereocenters. The Balaban J connectivity index is 1.79. The molecule has 2 N–H and O–H groups in total. The summed E-state index contributed by atoms with van der Waals surface area (Å²) in [6.45, 7) is 2.97. The quantitative estimate of drug-likeness (QED) is 0.781. The molecular formula is C19H20BrNO2. The number of phenols is 1. The van der Waals surface area contributed by atoms with Crippen LogP contribution in [0.25, 0.3) is 0 Å². The van der Waals surface area contributed by atoms with E-state index in [0.29, 0.717) is 11.7 Å². The third kappa shape index (κ3) is 2.54. The summed E-state index contributed by atoms with van der Waals surface area (Å²) in [6, 6.07) is 12.2. The number of fused-ring (bicyclic) bond motifs is 3. The van der Waals surface area contributed by atoms with Crippen molar-refractivity contribution in [2.45, 2.75) is 31.9 Å². The molecule has 2 aromatic carbocycles. The van der Waals surface area contributed by atoms with Gasteiger partial charge in [0.25, 0.3) is 0 Å². The minimum Gasteiger partial charge on any atom is -0.508 e. The van der Waals surface area contributed by atoms with E-state index in [9.17, 15) is 5.11 Å². The number of hydrogen-bond donors (Lipinski definition) is 2. The van der Waals surface area contributed by atoms with E-state index < -0.39 is 0 Å². The molecule has 2 heterocycles. The maximum absolute atomic E-state index is 9.89. The fraction of sp³-hybridized carbons (Fsp3) is 0.368. The lowest BCUT2D eigenvalue weighted by molar-refractivity contribution is 0.0828. The second kappa shape index (κ2) is 5.84. The summed E-state index contributed by atoms with van der Waals surface area (Å²) in [6.07, 6.45) is 2.20. The number of halogens is 1.